The Morgan fingerprint density at radius 3 is 2.46 bits per heavy atom. The zero-order chi connectivity index (χ0) is 9.52. The Morgan fingerprint density at radius 1 is 1.15 bits per heavy atom. The van der Waals surface area contributed by atoms with Crippen molar-refractivity contribution < 1.29 is 0 Å². The van der Waals surface area contributed by atoms with Crippen LogP contribution in [0.4, 0.5) is 5.69 Å². The second kappa shape index (κ2) is 6.00. The predicted molar refractivity (Wildman–Crippen MR) is 60.9 cm³/mol. The maximum absolute atomic E-state index is 5.39. The molecule has 3 N–H and O–H groups in total. The number of benzene rings is 1. The molecule has 3 heteroatoms. The molecule has 2 nitrogen and oxygen atoms in total. The maximum Gasteiger partial charge on any atom is 0.0340 e. The lowest BCUT2D eigenvalue weighted by Gasteiger charge is -2.05. The standard InChI is InChI=1S/C10H15BrN2/c11-9-3-5-10(6-4-9)13-8-2-1-7-12/h3-6,13H,1-2,7-8,12H2. The molecule has 0 spiro atoms. The summed E-state index contributed by atoms with van der Waals surface area (Å²) in [6, 6.07) is 8.19. The summed E-state index contributed by atoms with van der Waals surface area (Å²) in [5, 5.41) is 3.33. The van der Waals surface area contributed by atoms with Gasteiger partial charge in [0.15, 0.2) is 0 Å². The van der Waals surface area contributed by atoms with Crippen molar-refractivity contribution in [3.05, 3.63) is 28.7 Å². The van der Waals surface area contributed by atoms with Crippen molar-refractivity contribution in [2.45, 2.75) is 12.8 Å². The Bertz CT molecular complexity index is 233. The average molecular weight is 243 g/mol. The minimum absolute atomic E-state index is 0.780. The van der Waals surface area contributed by atoms with Gasteiger partial charge in [-0.2, -0.15) is 0 Å². The van der Waals surface area contributed by atoms with Crippen LogP contribution in [0.15, 0.2) is 28.7 Å². The predicted octanol–water partition coefficient (Wildman–Crippen LogP) is 2.60. The lowest BCUT2D eigenvalue weighted by atomic mass is 10.3. The molecule has 0 radical (unpaired) electrons. The molecule has 13 heavy (non-hydrogen) atoms. The molecule has 0 bridgehead atoms. The summed E-state index contributed by atoms with van der Waals surface area (Å²) in [6.45, 7) is 1.78. The minimum Gasteiger partial charge on any atom is -0.385 e. The molecule has 0 heterocycles. The molecule has 0 unspecified atom stereocenters. The monoisotopic (exact) mass is 242 g/mol. The summed E-state index contributed by atoms with van der Waals surface area (Å²) in [7, 11) is 0. The molecular weight excluding hydrogens is 228 g/mol. The second-order valence-electron chi connectivity index (χ2n) is 2.93. The molecule has 0 aliphatic carbocycles. The van der Waals surface area contributed by atoms with Crippen molar-refractivity contribution in [1.29, 1.82) is 0 Å². The van der Waals surface area contributed by atoms with Crippen LogP contribution in [0, 0.1) is 0 Å². The first-order chi connectivity index (χ1) is 6.33. The number of hydrogen-bond acceptors (Lipinski definition) is 2. The summed E-state index contributed by atoms with van der Waals surface area (Å²) in [5.41, 5.74) is 6.56. The molecule has 0 aliphatic heterocycles. The van der Waals surface area contributed by atoms with Gasteiger partial charge < -0.3 is 11.1 Å². The van der Waals surface area contributed by atoms with Gasteiger partial charge in [-0.15, -0.1) is 0 Å². The van der Waals surface area contributed by atoms with Crippen molar-refractivity contribution in [3.8, 4) is 0 Å². The van der Waals surface area contributed by atoms with Gasteiger partial charge in [-0.25, -0.2) is 0 Å². The van der Waals surface area contributed by atoms with E-state index in [1.165, 1.54) is 5.69 Å². The number of nitrogens with one attached hydrogen (secondary N) is 1. The number of nitrogens with two attached hydrogens (primary N) is 1. The molecule has 0 aromatic heterocycles. The Balaban J connectivity index is 2.25. The van der Waals surface area contributed by atoms with Gasteiger partial charge in [0.05, 0.1) is 0 Å². The quantitative estimate of drug-likeness (QED) is 0.780. The summed E-state index contributed by atoms with van der Waals surface area (Å²) in [4.78, 5) is 0. The van der Waals surface area contributed by atoms with Crippen molar-refractivity contribution >= 4 is 21.6 Å². The van der Waals surface area contributed by atoms with E-state index in [1.54, 1.807) is 0 Å². The van der Waals surface area contributed by atoms with Crippen LogP contribution < -0.4 is 11.1 Å². The van der Waals surface area contributed by atoms with Crippen molar-refractivity contribution in [2.24, 2.45) is 5.73 Å². The van der Waals surface area contributed by atoms with Crippen LogP contribution in [0.3, 0.4) is 0 Å². The first-order valence-electron chi connectivity index (χ1n) is 4.52. The van der Waals surface area contributed by atoms with Crippen molar-refractivity contribution in [3.63, 3.8) is 0 Å². The molecule has 0 saturated carbocycles. The maximum atomic E-state index is 5.39. The van der Waals surface area contributed by atoms with E-state index < -0.39 is 0 Å². The molecule has 0 atom stereocenters. The van der Waals surface area contributed by atoms with Crippen LogP contribution in [0.1, 0.15) is 12.8 Å². The van der Waals surface area contributed by atoms with Crippen LogP contribution in [0.5, 0.6) is 0 Å². The van der Waals surface area contributed by atoms with Crippen LogP contribution >= 0.6 is 15.9 Å². The Kier molecular flexibility index (Phi) is 4.86. The van der Waals surface area contributed by atoms with Crippen molar-refractivity contribution in [1.82, 2.24) is 0 Å². The number of anilines is 1. The molecule has 1 aromatic carbocycles. The third-order valence-electron chi connectivity index (χ3n) is 1.80. The molecular formula is C10H15BrN2. The summed E-state index contributed by atoms with van der Waals surface area (Å²) >= 11 is 3.39. The zero-order valence-electron chi connectivity index (χ0n) is 7.59. The highest BCUT2D eigenvalue weighted by atomic mass is 79.9. The molecule has 0 aliphatic rings. The summed E-state index contributed by atoms with van der Waals surface area (Å²) < 4.78 is 1.11. The van der Waals surface area contributed by atoms with Crippen molar-refractivity contribution in [2.75, 3.05) is 18.4 Å². The molecule has 1 rings (SSSR count). The SMILES string of the molecule is NCCCCNc1ccc(Br)cc1. The van der Waals surface area contributed by atoms with Crippen LogP contribution in [0.25, 0.3) is 0 Å². The molecule has 0 fully saturated rings. The fourth-order valence-corrected chi connectivity index (χ4v) is 1.33. The molecule has 1 aromatic rings. The summed E-state index contributed by atoms with van der Waals surface area (Å²) in [5.74, 6) is 0. The normalized spacial score (nSPS) is 10.0. The van der Waals surface area contributed by atoms with Crippen LogP contribution in [0.2, 0.25) is 0 Å². The van der Waals surface area contributed by atoms with Gasteiger partial charge in [0.2, 0.25) is 0 Å². The molecule has 0 saturated heterocycles. The van der Waals surface area contributed by atoms with Gasteiger partial charge >= 0.3 is 0 Å². The molecule has 72 valence electrons. The highest BCUT2D eigenvalue weighted by Crippen LogP contribution is 2.13. The Morgan fingerprint density at radius 2 is 1.85 bits per heavy atom. The number of rotatable bonds is 5. The lowest BCUT2D eigenvalue weighted by Crippen LogP contribution is -2.05. The number of hydrogen-bond donors (Lipinski definition) is 2. The van der Waals surface area contributed by atoms with Crippen LogP contribution in [-0.2, 0) is 0 Å². The minimum atomic E-state index is 0.780. The van der Waals surface area contributed by atoms with E-state index in [-0.39, 0.29) is 0 Å². The fraction of sp³-hybridized carbons (Fsp3) is 0.400. The highest BCUT2D eigenvalue weighted by Gasteiger charge is 1.90. The van der Waals surface area contributed by atoms with E-state index in [0.717, 1.165) is 30.4 Å². The van der Waals surface area contributed by atoms with E-state index in [9.17, 15) is 0 Å². The van der Waals surface area contributed by atoms with Crippen LogP contribution in [-0.4, -0.2) is 13.1 Å². The van der Waals surface area contributed by atoms with E-state index in [1.807, 2.05) is 12.1 Å². The lowest BCUT2D eigenvalue weighted by molar-refractivity contribution is 0.774. The van der Waals surface area contributed by atoms with E-state index in [0.29, 0.717) is 0 Å². The van der Waals surface area contributed by atoms with E-state index >= 15 is 0 Å². The number of unbranched alkanes of at least 4 members (excludes halogenated alkanes) is 1. The smallest absolute Gasteiger partial charge is 0.0340 e. The first kappa shape index (κ1) is 10.5. The van der Waals surface area contributed by atoms with Gasteiger partial charge in [0.25, 0.3) is 0 Å². The third-order valence-corrected chi connectivity index (χ3v) is 2.33. The first-order valence-corrected chi connectivity index (χ1v) is 5.32. The van der Waals surface area contributed by atoms with Gasteiger partial charge in [-0.1, -0.05) is 15.9 Å². The van der Waals surface area contributed by atoms with E-state index in [2.05, 4.69) is 33.4 Å². The summed E-state index contributed by atoms with van der Waals surface area (Å²) in [6.07, 6.45) is 2.22. The topological polar surface area (TPSA) is 38.0 Å². The van der Waals surface area contributed by atoms with E-state index in [4.69, 9.17) is 5.73 Å². The fourth-order valence-electron chi connectivity index (χ4n) is 1.07. The van der Waals surface area contributed by atoms with Gasteiger partial charge in [0, 0.05) is 16.7 Å². The largest absolute Gasteiger partial charge is 0.385 e. The average Bonchev–Trinajstić information content (AvgIpc) is 2.15. The third kappa shape index (κ3) is 4.29. The van der Waals surface area contributed by atoms with Gasteiger partial charge in [-0.05, 0) is 43.7 Å². The molecule has 0 amide bonds. The Hall–Kier alpha value is -0.540. The van der Waals surface area contributed by atoms with Gasteiger partial charge in [0.1, 0.15) is 0 Å². The number of halogens is 1. The highest BCUT2D eigenvalue weighted by molar-refractivity contribution is 9.10. The Labute approximate surface area is 87.6 Å². The zero-order valence-corrected chi connectivity index (χ0v) is 9.18. The van der Waals surface area contributed by atoms with Gasteiger partial charge in [-0.3, -0.25) is 0 Å². The second-order valence-corrected chi connectivity index (χ2v) is 3.85.